The molecular formula is C21H24Cl2FN3O3S. The van der Waals surface area contributed by atoms with Crippen LogP contribution in [0, 0.1) is 5.82 Å². The lowest BCUT2D eigenvalue weighted by Gasteiger charge is -2.35. The van der Waals surface area contributed by atoms with Gasteiger partial charge in [-0.1, -0.05) is 41.4 Å². The van der Waals surface area contributed by atoms with E-state index in [-0.39, 0.29) is 52.3 Å². The molecule has 2 aromatic carbocycles. The number of carbonyl (C=O) groups is 1. The van der Waals surface area contributed by atoms with Crippen LogP contribution >= 0.6 is 23.2 Å². The molecule has 6 nitrogen and oxygen atoms in total. The van der Waals surface area contributed by atoms with Gasteiger partial charge in [-0.2, -0.15) is 4.31 Å². The van der Waals surface area contributed by atoms with Crippen molar-refractivity contribution < 1.29 is 17.6 Å². The fourth-order valence-electron chi connectivity index (χ4n) is 3.47. The highest BCUT2D eigenvalue weighted by atomic mass is 35.5. The van der Waals surface area contributed by atoms with E-state index < -0.39 is 10.0 Å². The molecule has 31 heavy (non-hydrogen) atoms. The predicted molar refractivity (Wildman–Crippen MR) is 119 cm³/mol. The van der Waals surface area contributed by atoms with Crippen LogP contribution < -0.4 is 0 Å². The summed E-state index contributed by atoms with van der Waals surface area (Å²) in [6.45, 7) is 3.33. The normalized spacial score (nSPS) is 16.8. The fraction of sp³-hybridized carbons (Fsp3) is 0.381. The van der Waals surface area contributed by atoms with Crippen molar-refractivity contribution in [1.82, 2.24) is 14.1 Å². The lowest BCUT2D eigenvalue weighted by molar-refractivity contribution is -0.133. The molecule has 0 saturated carbocycles. The molecule has 1 unspecified atom stereocenters. The number of hydrogen-bond acceptors (Lipinski definition) is 4. The van der Waals surface area contributed by atoms with Crippen LogP contribution in [0.2, 0.25) is 10.0 Å². The van der Waals surface area contributed by atoms with E-state index in [9.17, 15) is 17.6 Å². The molecule has 168 valence electrons. The second-order valence-electron chi connectivity index (χ2n) is 7.46. The molecule has 1 amide bonds. The number of rotatable bonds is 6. The van der Waals surface area contributed by atoms with Gasteiger partial charge in [0, 0.05) is 33.2 Å². The van der Waals surface area contributed by atoms with Crippen molar-refractivity contribution in [3.63, 3.8) is 0 Å². The van der Waals surface area contributed by atoms with Gasteiger partial charge in [-0.3, -0.25) is 9.69 Å². The first kappa shape index (κ1) is 23.9. The van der Waals surface area contributed by atoms with Gasteiger partial charge in [0.1, 0.15) is 10.7 Å². The zero-order valence-electron chi connectivity index (χ0n) is 17.3. The zero-order chi connectivity index (χ0) is 22.8. The van der Waals surface area contributed by atoms with E-state index in [1.807, 2.05) is 11.8 Å². The molecule has 0 bridgehead atoms. The smallest absolute Gasteiger partial charge is 0.246 e. The molecule has 1 heterocycles. The van der Waals surface area contributed by atoms with E-state index in [1.165, 1.54) is 28.6 Å². The van der Waals surface area contributed by atoms with Gasteiger partial charge >= 0.3 is 0 Å². The van der Waals surface area contributed by atoms with Crippen molar-refractivity contribution in [1.29, 1.82) is 0 Å². The van der Waals surface area contributed by atoms with Crippen molar-refractivity contribution >= 4 is 39.1 Å². The molecular weight excluding hydrogens is 464 g/mol. The molecule has 2 aromatic rings. The maximum absolute atomic E-state index is 13.1. The van der Waals surface area contributed by atoms with Gasteiger partial charge in [-0.25, -0.2) is 12.8 Å². The molecule has 0 N–H and O–H groups in total. The average molecular weight is 488 g/mol. The van der Waals surface area contributed by atoms with Crippen molar-refractivity contribution in [2.45, 2.75) is 17.9 Å². The standard InChI is InChI=1S/C21H24Cl2FN3O3S/c1-15(16-6-8-17(24)9-7-16)25(2)20(28)14-26-10-12-27(13-11-26)31(29,30)21-18(22)4-3-5-19(21)23/h3-9,15H,10-14H2,1-2H3. The van der Waals surface area contributed by atoms with Crippen molar-refractivity contribution in [3.05, 3.63) is 63.9 Å². The molecule has 1 fully saturated rings. The second kappa shape index (κ2) is 9.83. The highest BCUT2D eigenvalue weighted by Gasteiger charge is 2.32. The van der Waals surface area contributed by atoms with Crippen molar-refractivity contribution in [3.8, 4) is 0 Å². The number of sulfonamides is 1. The number of benzene rings is 2. The van der Waals surface area contributed by atoms with Gasteiger partial charge in [0.2, 0.25) is 15.9 Å². The molecule has 0 aromatic heterocycles. The minimum atomic E-state index is -3.83. The molecule has 1 aliphatic rings. The van der Waals surface area contributed by atoms with Crippen LogP contribution in [0.15, 0.2) is 47.4 Å². The summed E-state index contributed by atoms with van der Waals surface area (Å²) in [5.74, 6) is -0.418. The Kier molecular flexibility index (Phi) is 7.59. The van der Waals surface area contributed by atoms with Gasteiger partial charge in [0.05, 0.1) is 22.6 Å². The molecule has 1 atom stereocenters. The van der Waals surface area contributed by atoms with Crippen LogP contribution in [-0.2, 0) is 14.8 Å². The summed E-state index contributed by atoms with van der Waals surface area (Å²) in [6.07, 6.45) is 0. The van der Waals surface area contributed by atoms with Gasteiger partial charge in [-0.05, 0) is 36.8 Å². The molecule has 10 heteroatoms. The van der Waals surface area contributed by atoms with Crippen LogP contribution in [0.4, 0.5) is 4.39 Å². The summed E-state index contributed by atoms with van der Waals surface area (Å²) in [4.78, 5) is 16.2. The highest BCUT2D eigenvalue weighted by Crippen LogP contribution is 2.32. The Bertz CT molecular complexity index is 1020. The monoisotopic (exact) mass is 487 g/mol. The maximum atomic E-state index is 13.1. The molecule has 3 rings (SSSR count). The summed E-state index contributed by atoms with van der Waals surface area (Å²) in [6, 6.07) is 10.4. The summed E-state index contributed by atoms with van der Waals surface area (Å²) in [5.41, 5.74) is 0.838. The minimum absolute atomic E-state index is 0.0847. The van der Waals surface area contributed by atoms with Gasteiger partial charge in [0.15, 0.2) is 0 Å². The number of likely N-dealkylation sites (N-methyl/N-ethyl adjacent to an activating group) is 1. The zero-order valence-corrected chi connectivity index (χ0v) is 19.6. The van der Waals surface area contributed by atoms with E-state index in [1.54, 1.807) is 30.1 Å². The van der Waals surface area contributed by atoms with Crippen LogP contribution in [0.3, 0.4) is 0 Å². The lowest BCUT2D eigenvalue weighted by Crippen LogP contribution is -2.51. The number of hydrogen-bond donors (Lipinski definition) is 0. The summed E-state index contributed by atoms with van der Waals surface area (Å²) in [7, 11) is -2.12. The fourth-order valence-corrected chi connectivity index (χ4v) is 5.98. The van der Waals surface area contributed by atoms with Crippen LogP contribution in [-0.4, -0.2) is 68.2 Å². The predicted octanol–water partition coefficient (Wildman–Crippen LogP) is 3.66. The third kappa shape index (κ3) is 5.38. The number of halogens is 3. The molecule has 1 saturated heterocycles. The second-order valence-corrected chi connectivity index (χ2v) is 10.2. The van der Waals surface area contributed by atoms with E-state index in [4.69, 9.17) is 23.2 Å². The van der Waals surface area contributed by atoms with Crippen LogP contribution in [0.5, 0.6) is 0 Å². The first-order chi connectivity index (χ1) is 14.6. The Morgan fingerprint density at radius 3 is 2.16 bits per heavy atom. The molecule has 1 aliphatic heterocycles. The molecule has 0 spiro atoms. The lowest BCUT2D eigenvalue weighted by atomic mass is 10.1. The van der Waals surface area contributed by atoms with E-state index in [2.05, 4.69) is 0 Å². The van der Waals surface area contributed by atoms with Crippen LogP contribution in [0.1, 0.15) is 18.5 Å². The largest absolute Gasteiger partial charge is 0.338 e. The third-order valence-electron chi connectivity index (χ3n) is 5.53. The summed E-state index contributed by atoms with van der Waals surface area (Å²) >= 11 is 12.2. The SMILES string of the molecule is CC(c1ccc(F)cc1)N(C)C(=O)CN1CCN(S(=O)(=O)c2c(Cl)cccc2Cl)CC1. The van der Waals surface area contributed by atoms with Crippen LogP contribution in [0.25, 0.3) is 0 Å². The number of nitrogens with zero attached hydrogens (tertiary/aromatic N) is 3. The Morgan fingerprint density at radius 1 is 1.06 bits per heavy atom. The van der Waals surface area contributed by atoms with Gasteiger partial charge in [-0.15, -0.1) is 0 Å². The number of amides is 1. The van der Waals surface area contributed by atoms with Gasteiger partial charge in [0.25, 0.3) is 0 Å². The van der Waals surface area contributed by atoms with E-state index >= 15 is 0 Å². The first-order valence-corrected chi connectivity index (χ1v) is 12.0. The average Bonchev–Trinajstić information content (AvgIpc) is 2.73. The van der Waals surface area contributed by atoms with Gasteiger partial charge < -0.3 is 4.90 Å². The van der Waals surface area contributed by atoms with Crippen molar-refractivity contribution in [2.75, 3.05) is 39.8 Å². The Hall–Kier alpha value is -1.71. The van der Waals surface area contributed by atoms with Crippen molar-refractivity contribution in [2.24, 2.45) is 0 Å². The Labute approximate surface area is 192 Å². The topological polar surface area (TPSA) is 60.9 Å². The molecule has 0 aliphatic carbocycles. The number of piperazine rings is 1. The third-order valence-corrected chi connectivity index (χ3v) is 8.39. The minimum Gasteiger partial charge on any atom is -0.338 e. The molecule has 0 radical (unpaired) electrons. The highest BCUT2D eigenvalue weighted by molar-refractivity contribution is 7.89. The Balaban J connectivity index is 1.59. The first-order valence-electron chi connectivity index (χ1n) is 9.79. The summed E-state index contributed by atoms with van der Waals surface area (Å²) < 4.78 is 40.4. The quantitative estimate of drug-likeness (QED) is 0.623. The maximum Gasteiger partial charge on any atom is 0.246 e. The number of carbonyl (C=O) groups excluding carboxylic acids is 1. The van der Waals surface area contributed by atoms with E-state index in [0.29, 0.717) is 13.1 Å². The Morgan fingerprint density at radius 2 is 1.61 bits per heavy atom. The van der Waals surface area contributed by atoms with E-state index in [0.717, 1.165) is 5.56 Å². The summed E-state index contributed by atoms with van der Waals surface area (Å²) in [5, 5.41) is 0.169.